The van der Waals surface area contributed by atoms with Gasteiger partial charge in [-0.25, -0.2) is 9.97 Å². The van der Waals surface area contributed by atoms with E-state index in [9.17, 15) is 0 Å². The van der Waals surface area contributed by atoms with E-state index < -0.39 is 16.1 Å². The van der Waals surface area contributed by atoms with Gasteiger partial charge in [0.1, 0.15) is 0 Å². The summed E-state index contributed by atoms with van der Waals surface area (Å²) in [5.41, 5.74) is 14.3. The molecule has 17 rings (SSSR count). The Balaban J connectivity index is 1.06. The van der Waals surface area contributed by atoms with Gasteiger partial charge in [-0.15, -0.1) is 0 Å². The van der Waals surface area contributed by atoms with Crippen molar-refractivity contribution in [1.82, 2.24) is 27.9 Å². The molecule has 2 aliphatic heterocycles. The Hall–Kier alpha value is -9.81. The summed E-state index contributed by atoms with van der Waals surface area (Å²) in [6, 6.07) is 102. The molecule has 0 aliphatic carbocycles. The second-order valence-corrected chi connectivity index (χ2v) is 28.0. The van der Waals surface area contributed by atoms with Gasteiger partial charge < -0.3 is 4.90 Å². The van der Waals surface area contributed by atoms with Gasteiger partial charge in [-0.05, 0) is 114 Å². The largest absolute Gasteiger partial charge is 0.311 e. The molecular weight excluding hydrogens is 971 g/mol. The molecular formula is C68H45N7Si2. The first kappa shape index (κ1) is 42.5. The zero-order valence-electron chi connectivity index (χ0n) is 41.6. The SMILES string of the molecule is c1ccc([Si]2(c3ccccc3)c3ccc(-n4c5ccccc5n5c6ccccc6nc45)cc3N3c4cc(-n5c6ccccc6n6c7ccccc7nc56)ccc4[Si](c4ccccc4)(c4ccccc4)c4cccc2c43)cc1. The number of para-hydroxylation sites is 9. The highest BCUT2D eigenvalue weighted by Gasteiger charge is 2.56. The standard InChI is InChI=1S/C68H45N7Si2/c1-5-22-48(23-6-1)76(49-24-7-2-8-25-49)62-42-40-46(71-56-34-17-19-36-58(56)74-54-32-15-13-30-52(54)69-67(71)74)44-60(62)73-61-45-47(72-57-35-18-20-37-59(57)75-55-33-16-14-31-53(55)70-68(72)75)41-43-63(61)77(50-26-9-3-10-27-50,51-28-11-4-12-29-51)65-39-21-38-64(76)66(65)73/h1-45H. The summed E-state index contributed by atoms with van der Waals surface area (Å²) in [6.45, 7) is 0. The molecule has 0 saturated heterocycles. The summed E-state index contributed by atoms with van der Waals surface area (Å²) in [4.78, 5) is 13.5. The van der Waals surface area contributed by atoms with E-state index in [1.165, 1.54) is 58.6 Å². The fourth-order valence-corrected chi connectivity index (χ4v) is 24.2. The van der Waals surface area contributed by atoms with Crippen LogP contribution in [0.3, 0.4) is 0 Å². The van der Waals surface area contributed by atoms with Gasteiger partial charge in [0.05, 0.1) is 55.5 Å². The highest BCUT2D eigenvalue weighted by atomic mass is 28.3. The topological polar surface area (TPSA) is 47.7 Å². The molecule has 0 unspecified atom stereocenters. The first-order valence-corrected chi connectivity index (χ1v) is 30.4. The van der Waals surface area contributed by atoms with Crippen molar-refractivity contribution in [2.45, 2.75) is 0 Å². The fraction of sp³-hybridized carbons (Fsp3) is 0. The minimum atomic E-state index is -3.19. The van der Waals surface area contributed by atoms with Gasteiger partial charge >= 0.3 is 0 Å². The second kappa shape index (κ2) is 15.9. The predicted octanol–water partition coefficient (Wildman–Crippen LogP) is 10.0. The van der Waals surface area contributed by atoms with Crippen LogP contribution >= 0.6 is 0 Å². The van der Waals surface area contributed by atoms with Gasteiger partial charge in [0, 0.05) is 17.1 Å². The van der Waals surface area contributed by atoms with E-state index in [-0.39, 0.29) is 0 Å². The molecule has 6 heterocycles. The van der Waals surface area contributed by atoms with Gasteiger partial charge in [0.15, 0.2) is 16.1 Å². The molecule has 7 nitrogen and oxygen atoms in total. The summed E-state index contributed by atoms with van der Waals surface area (Å²) in [7, 11) is -6.37. The highest BCUT2D eigenvalue weighted by molar-refractivity contribution is 7.24. The Morgan fingerprint density at radius 1 is 0.273 bits per heavy atom. The summed E-state index contributed by atoms with van der Waals surface area (Å²) >= 11 is 0. The molecule has 0 bridgehead atoms. The van der Waals surface area contributed by atoms with Gasteiger partial charge in [0.25, 0.3) is 0 Å². The summed E-state index contributed by atoms with van der Waals surface area (Å²) in [6.07, 6.45) is 0. The average Bonchev–Trinajstić information content (AvgIpc) is 4.39. The Morgan fingerprint density at radius 2 is 0.610 bits per heavy atom. The van der Waals surface area contributed by atoms with Crippen molar-refractivity contribution < 1.29 is 0 Å². The minimum absolute atomic E-state index is 0.885. The summed E-state index contributed by atoms with van der Waals surface area (Å²) in [5, 5.41) is 10.8. The van der Waals surface area contributed by atoms with E-state index in [0.29, 0.717) is 0 Å². The van der Waals surface area contributed by atoms with E-state index in [2.05, 4.69) is 296 Å². The molecule has 0 amide bonds. The lowest BCUT2D eigenvalue weighted by Crippen LogP contribution is -2.82. The Kier molecular flexibility index (Phi) is 8.76. The van der Waals surface area contributed by atoms with Gasteiger partial charge in [-0.3, -0.25) is 17.9 Å². The number of rotatable bonds is 6. The molecule has 4 aromatic heterocycles. The zero-order chi connectivity index (χ0) is 50.4. The Bertz CT molecular complexity index is 4500. The molecule has 9 heteroatoms. The molecule has 0 atom stereocenters. The number of imidazole rings is 4. The maximum atomic E-state index is 5.41. The third kappa shape index (κ3) is 5.53. The van der Waals surface area contributed by atoms with E-state index in [4.69, 9.17) is 9.97 Å². The van der Waals surface area contributed by atoms with Crippen LogP contribution in [0.4, 0.5) is 17.1 Å². The summed E-state index contributed by atoms with van der Waals surface area (Å²) in [5.74, 6) is 1.77. The molecule has 0 N–H and O–H groups in total. The lowest BCUT2D eigenvalue weighted by Gasteiger charge is -2.52. The van der Waals surface area contributed by atoms with Crippen molar-refractivity contribution in [2.75, 3.05) is 4.90 Å². The smallest absolute Gasteiger partial charge is 0.220 e. The van der Waals surface area contributed by atoms with Crippen molar-refractivity contribution in [3.8, 4) is 11.4 Å². The number of aromatic nitrogens is 6. The van der Waals surface area contributed by atoms with Crippen molar-refractivity contribution in [2.24, 2.45) is 0 Å². The van der Waals surface area contributed by atoms with Gasteiger partial charge in [-0.2, -0.15) is 0 Å². The van der Waals surface area contributed by atoms with Crippen LogP contribution in [0.15, 0.2) is 273 Å². The average molecular weight is 1020 g/mol. The predicted molar refractivity (Wildman–Crippen MR) is 322 cm³/mol. The first-order chi connectivity index (χ1) is 38.2. The van der Waals surface area contributed by atoms with Gasteiger partial charge in [0.2, 0.25) is 11.6 Å². The van der Waals surface area contributed by atoms with Crippen LogP contribution in [0.5, 0.6) is 0 Å². The van der Waals surface area contributed by atoms with Crippen LogP contribution in [0.25, 0.3) is 67.1 Å². The summed E-state index contributed by atoms with van der Waals surface area (Å²) < 4.78 is 9.41. The van der Waals surface area contributed by atoms with Crippen molar-refractivity contribution in [3.05, 3.63) is 273 Å². The van der Waals surface area contributed by atoms with Crippen LogP contribution in [-0.2, 0) is 0 Å². The van der Waals surface area contributed by atoms with Crippen LogP contribution < -0.4 is 46.4 Å². The lowest BCUT2D eigenvalue weighted by atomic mass is 10.1. The monoisotopic (exact) mass is 1020 g/mol. The first-order valence-electron chi connectivity index (χ1n) is 26.4. The second-order valence-electron chi connectivity index (χ2n) is 20.5. The van der Waals surface area contributed by atoms with E-state index in [1.807, 2.05) is 0 Å². The molecule has 11 aromatic carbocycles. The van der Waals surface area contributed by atoms with Crippen molar-refractivity contribution >= 4 is 130 Å². The van der Waals surface area contributed by atoms with Crippen molar-refractivity contribution in [3.63, 3.8) is 0 Å². The maximum absolute atomic E-state index is 5.41. The minimum Gasteiger partial charge on any atom is -0.311 e. The molecule has 77 heavy (non-hydrogen) atoms. The van der Waals surface area contributed by atoms with Gasteiger partial charge in [-0.1, -0.05) is 200 Å². The molecule has 0 saturated carbocycles. The zero-order valence-corrected chi connectivity index (χ0v) is 43.6. The quantitative estimate of drug-likeness (QED) is 0.156. The van der Waals surface area contributed by atoms with E-state index >= 15 is 0 Å². The number of hydrogen-bond donors (Lipinski definition) is 0. The number of anilines is 3. The Morgan fingerprint density at radius 3 is 1.00 bits per heavy atom. The van der Waals surface area contributed by atoms with Crippen LogP contribution in [0.2, 0.25) is 0 Å². The number of benzene rings is 11. The molecule has 0 spiro atoms. The van der Waals surface area contributed by atoms with E-state index in [1.54, 1.807) is 0 Å². The van der Waals surface area contributed by atoms with Crippen LogP contribution in [0, 0.1) is 0 Å². The number of fused-ring (bicyclic) bond motifs is 14. The lowest BCUT2D eigenvalue weighted by molar-refractivity contribution is 1.10. The molecule has 15 aromatic rings. The van der Waals surface area contributed by atoms with Crippen molar-refractivity contribution in [1.29, 1.82) is 0 Å². The van der Waals surface area contributed by atoms with Crippen LogP contribution in [-0.4, -0.2) is 44.1 Å². The molecule has 360 valence electrons. The number of hydrogen-bond acceptors (Lipinski definition) is 3. The highest BCUT2D eigenvalue weighted by Crippen LogP contribution is 2.44. The number of nitrogens with zero attached hydrogens (tertiary/aromatic N) is 7. The van der Waals surface area contributed by atoms with Crippen LogP contribution in [0.1, 0.15) is 0 Å². The molecule has 2 aliphatic rings. The fourth-order valence-electron chi connectivity index (χ4n) is 13.9. The third-order valence-corrected chi connectivity index (χ3v) is 26.6. The third-order valence-electron chi connectivity index (χ3n) is 16.9. The maximum Gasteiger partial charge on any atom is 0.220 e. The molecule has 0 fully saturated rings. The normalized spacial score (nSPS) is 14.2. The van der Waals surface area contributed by atoms with E-state index in [0.717, 1.165) is 67.1 Å². The molecule has 0 radical (unpaired) electrons. The Labute approximate surface area is 445 Å².